The molecule has 0 aromatic rings. The van der Waals surface area contributed by atoms with Crippen molar-refractivity contribution in [3.8, 4) is 0 Å². The molecule has 0 bridgehead atoms. The number of carbonyl (C=O) groups is 2. The van der Waals surface area contributed by atoms with Crippen molar-refractivity contribution < 1.29 is 9.59 Å². The van der Waals surface area contributed by atoms with Crippen LogP contribution < -0.4 is 0 Å². The summed E-state index contributed by atoms with van der Waals surface area (Å²) in [6.45, 7) is 10.6. The van der Waals surface area contributed by atoms with Crippen molar-refractivity contribution in [1.82, 2.24) is 4.90 Å². The monoisotopic (exact) mass is 223 g/mol. The molecular weight excluding hydrogens is 202 g/mol. The zero-order chi connectivity index (χ0) is 12.2. The van der Waals surface area contributed by atoms with Crippen LogP contribution in [0.4, 0.5) is 0 Å². The third-order valence-electron chi connectivity index (χ3n) is 4.40. The van der Waals surface area contributed by atoms with E-state index in [1.807, 2.05) is 18.7 Å². The van der Waals surface area contributed by atoms with Crippen LogP contribution in [0.25, 0.3) is 0 Å². The van der Waals surface area contributed by atoms with Crippen LogP contribution in [0, 0.1) is 23.2 Å². The lowest BCUT2D eigenvalue weighted by atomic mass is 9.98. The molecule has 0 N–H and O–H groups in total. The smallest absolute Gasteiger partial charge is 0.225 e. The summed E-state index contributed by atoms with van der Waals surface area (Å²) in [6, 6.07) is -0.158. The fourth-order valence-corrected chi connectivity index (χ4v) is 3.31. The summed E-state index contributed by atoms with van der Waals surface area (Å²) in [7, 11) is 0. The second kappa shape index (κ2) is 3.31. The topological polar surface area (TPSA) is 37.4 Å². The molecule has 1 aliphatic heterocycles. The van der Waals surface area contributed by atoms with Gasteiger partial charge in [0.15, 0.2) is 5.78 Å². The van der Waals surface area contributed by atoms with Gasteiger partial charge in [-0.15, -0.1) is 0 Å². The predicted octanol–water partition coefficient (Wildman–Crippen LogP) is 1.71. The summed E-state index contributed by atoms with van der Waals surface area (Å²) < 4.78 is 0. The lowest BCUT2D eigenvalue weighted by molar-refractivity contribution is -0.141. The first-order chi connectivity index (χ1) is 7.28. The Morgan fingerprint density at radius 1 is 1.31 bits per heavy atom. The lowest BCUT2D eigenvalue weighted by Crippen LogP contribution is -2.46. The van der Waals surface area contributed by atoms with Crippen molar-refractivity contribution in [2.45, 2.75) is 40.7 Å². The van der Waals surface area contributed by atoms with E-state index in [0.29, 0.717) is 11.8 Å². The molecule has 1 amide bonds. The first-order valence-corrected chi connectivity index (χ1v) is 6.09. The number of piperidine rings is 1. The molecule has 0 spiro atoms. The van der Waals surface area contributed by atoms with E-state index in [2.05, 4.69) is 13.8 Å². The second-order valence-electron chi connectivity index (χ2n) is 6.15. The Balaban J connectivity index is 2.20. The van der Waals surface area contributed by atoms with E-state index in [1.54, 1.807) is 6.92 Å². The first-order valence-electron chi connectivity index (χ1n) is 6.09. The van der Waals surface area contributed by atoms with Gasteiger partial charge in [0.25, 0.3) is 0 Å². The van der Waals surface area contributed by atoms with Crippen molar-refractivity contribution in [1.29, 1.82) is 0 Å². The molecule has 1 saturated heterocycles. The number of likely N-dealkylation sites (tertiary alicyclic amines) is 1. The summed E-state index contributed by atoms with van der Waals surface area (Å²) in [5.74, 6) is 1.19. The van der Waals surface area contributed by atoms with Gasteiger partial charge in [-0.25, -0.2) is 0 Å². The van der Waals surface area contributed by atoms with E-state index in [1.165, 1.54) is 0 Å². The Morgan fingerprint density at radius 3 is 2.31 bits per heavy atom. The summed E-state index contributed by atoms with van der Waals surface area (Å²) in [4.78, 5) is 25.5. The van der Waals surface area contributed by atoms with Gasteiger partial charge in [-0.05, 0) is 24.2 Å². The standard InChI is InChI=1S/C13H21NO2/c1-7(2)12(16)14-6-9-10(13(9,4)5)11(14)8(3)15/h7,9-11H,6H2,1-5H3/t9-,10-,11?/m0/s1. The van der Waals surface area contributed by atoms with Gasteiger partial charge in [0.05, 0.1) is 6.04 Å². The average molecular weight is 223 g/mol. The molecule has 0 aromatic carbocycles. The summed E-state index contributed by atoms with van der Waals surface area (Å²) in [5, 5.41) is 0. The maximum Gasteiger partial charge on any atom is 0.225 e. The normalized spacial score (nSPS) is 35.1. The molecule has 1 saturated carbocycles. The number of hydrogen-bond donors (Lipinski definition) is 0. The average Bonchev–Trinajstić information content (AvgIpc) is 2.61. The number of hydrogen-bond acceptors (Lipinski definition) is 2. The van der Waals surface area contributed by atoms with Crippen LogP contribution in [0.5, 0.6) is 0 Å². The van der Waals surface area contributed by atoms with Gasteiger partial charge >= 0.3 is 0 Å². The van der Waals surface area contributed by atoms with Crippen molar-refractivity contribution in [2.75, 3.05) is 6.54 Å². The Bertz CT molecular complexity index is 346. The lowest BCUT2D eigenvalue weighted by Gasteiger charge is -2.30. The number of ketones is 1. The van der Waals surface area contributed by atoms with E-state index in [9.17, 15) is 9.59 Å². The van der Waals surface area contributed by atoms with Crippen molar-refractivity contribution in [2.24, 2.45) is 23.2 Å². The highest BCUT2D eigenvalue weighted by Gasteiger charge is 2.68. The van der Waals surface area contributed by atoms with Gasteiger partial charge < -0.3 is 4.90 Å². The molecule has 1 aliphatic carbocycles. The van der Waals surface area contributed by atoms with Crippen molar-refractivity contribution in [3.05, 3.63) is 0 Å². The number of fused-ring (bicyclic) bond motifs is 1. The number of Topliss-reactive ketones (excluding diaryl/α,β-unsaturated/α-hetero) is 1. The Kier molecular flexibility index (Phi) is 2.41. The largest absolute Gasteiger partial charge is 0.332 e. The van der Waals surface area contributed by atoms with E-state index >= 15 is 0 Å². The van der Waals surface area contributed by atoms with Crippen LogP contribution in [-0.2, 0) is 9.59 Å². The maximum atomic E-state index is 12.0. The Labute approximate surface area is 97.2 Å². The molecule has 3 nitrogen and oxygen atoms in total. The van der Waals surface area contributed by atoms with Gasteiger partial charge in [-0.2, -0.15) is 0 Å². The number of carbonyl (C=O) groups excluding carboxylic acids is 2. The number of rotatable bonds is 2. The van der Waals surface area contributed by atoms with Gasteiger partial charge in [0.2, 0.25) is 5.91 Å². The highest BCUT2D eigenvalue weighted by atomic mass is 16.2. The highest BCUT2D eigenvalue weighted by Crippen LogP contribution is 2.65. The molecule has 3 heteroatoms. The molecule has 0 aromatic heterocycles. The van der Waals surface area contributed by atoms with E-state index in [0.717, 1.165) is 6.54 Å². The minimum atomic E-state index is -0.158. The highest BCUT2D eigenvalue weighted by molar-refractivity contribution is 5.90. The molecule has 2 aliphatic rings. The van der Waals surface area contributed by atoms with Crippen LogP contribution >= 0.6 is 0 Å². The van der Waals surface area contributed by atoms with Crippen LogP contribution in [0.1, 0.15) is 34.6 Å². The fourth-order valence-electron chi connectivity index (χ4n) is 3.31. The van der Waals surface area contributed by atoms with Gasteiger partial charge in [-0.1, -0.05) is 27.7 Å². The van der Waals surface area contributed by atoms with Crippen LogP contribution in [-0.4, -0.2) is 29.2 Å². The van der Waals surface area contributed by atoms with Crippen LogP contribution in [0.3, 0.4) is 0 Å². The van der Waals surface area contributed by atoms with Gasteiger partial charge in [-0.3, -0.25) is 9.59 Å². The first kappa shape index (κ1) is 11.6. The van der Waals surface area contributed by atoms with Gasteiger partial charge in [0.1, 0.15) is 0 Å². The quantitative estimate of drug-likeness (QED) is 0.714. The van der Waals surface area contributed by atoms with E-state index in [-0.39, 0.29) is 29.1 Å². The molecule has 0 radical (unpaired) electrons. The zero-order valence-corrected chi connectivity index (χ0v) is 10.8. The molecule has 2 rings (SSSR count). The fraction of sp³-hybridized carbons (Fsp3) is 0.846. The molecule has 1 heterocycles. The minimum Gasteiger partial charge on any atom is -0.332 e. The number of nitrogens with zero attached hydrogens (tertiary/aromatic N) is 1. The molecule has 90 valence electrons. The van der Waals surface area contributed by atoms with E-state index < -0.39 is 0 Å². The third-order valence-corrected chi connectivity index (χ3v) is 4.40. The Morgan fingerprint density at radius 2 is 1.88 bits per heavy atom. The number of amides is 1. The molecule has 16 heavy (non-hydrogen) atoms. The minimum absolute atomic E-state index is 0.0116. The maximum absolute atomic E-state index is 12.0. The van der Waals surface area contributed by atoms with Crippen LogP contribution in [0.2, 0.25) is 0 Å². The van der Waals surface area contributed by atoms with Crippen molar-refractivity contribution in [3.63, 3.8) is 0 Å². The summed E-state index contributed by atoms with van der Waals surface area (Å²) >= 11 is 0. The van der Waals surface area contributed by atoms with Gasteiger partial charge in [0, 0.05) is 12.5 Å². The van der Waals surface area contributed by atoms with E-state index in [4.69, 9.17) is 0 Å². The molecule has 1 unspecified atom stereocenters. The summed E-state index contributed by atoms with van der Waals surface area (Å²) in [6.07, 6.45) is 0. The summed E-state index contributed by atoms with van der Waals surface area (Å²) in [5.41, 5.74) is 0.254. The SMILES string of the molecule is CC(=O)C1[C@@H]2[C@H](CN1C(=O)C(C)C)C2(C)C. The third kappa shape index (κ3) is 1.40. The molecule has 2 fully saturated rings. The predicted molar refractivity (Wildman–Crippen MR) is 61.8 cm³/mol. The molecule has 3 atom stereocenters. The molecular formula is C13H21NO2. The Hall–Kier alpha value is -0.860. The van der Waals surface area contributed by atoms with Crippen molar-refractivity contribution >= 4 is 11.7 Å². The van der Waals surface area contributed by atoms with Crippen LogP contribution in [0.15, 0.2) is 0 Å². The zero-order valence-electron chi connectivity index (χ0n) is 10.8. The second-order valence-corrected chi connectivity index (χ2v) is 6.15.